The van der Waals surface area contributed by atoms with Crippen LogP contribution in [0.5, 0.6) is 11.5 Å². The van der Waals surface area contributed by atoms with Gasteiger partial charge in [-0.1, -0.05) is 37.8 Å². The molecule has 3 aromatic rings. The van der Waals surface area contributed by atoms with Crippen LogP contribution in [0.25, 0.3) is 22.8 Å². The van der Waals surface area contributed by atoms with E-state index in [1.165, 1.54) is 12.4 Å². The summed E-state index contributed by atoms with van der Waals surface area (Å²) >= 11 is 0. The van der Waals surface area contributed by atoms with Crippen molar-refractivity contribution in [1.29, 1.82) is 0 Å². The molecule has 0 amide bonds. The quantitative estimate of drug-likeness (QED) is 0.344. The maximum atomic E-state index is 11.3. The first-order valence-electron chi connectivity index (χ1n) is 9.55. The number of phenolic OH excluding ortho intramolecular Hbond substituents is 1. The van der Waals surface area contributed by atoms with Gasteiger partial charge in [0.15, 0.2) is 11.6 Å². The number of benzene rings is 2. The SMILES string of the molecule is C=C(C)C(=O)OCCOc1ccc(-c2ncnc(-c3ccccc3CC)n2)c(O)c1. The lowest BCUT2D eigenvalue weighted by atomic mass is 10.0. The lowest BCUT2D eigenvalue weighted by molar-refractivity contribution is -0.139. The zero-order valence-electron chi connectivity index (χ0n) is 17.0. The van der Waals surface area contributed by atoms with Crippen LogP contribution in [-0.4, -0.2) is 39.2 Å². The molecule has 0 radical (unpaired) electrons. The average Bonchev–Trinajstić information content (AvgIpc) is 2.76. The molecule has 0 bridgehead atoms. The van der Waals surface area contributed by atoms with E-state index in [1.54, 1.807) is 19.1 Å². The summed E-state index contributed by atoms with van der Waals surface area (Å²) in [5.41, 5.74) is 2.87. The molecule has 154 valence electrons. The van der Waals surface area contributed by atoms with Crippen molar-refractivity contribution in [3.63, 3.8) is 0 Å². The molecule has 1 heterocycles. The van der Waals surface area contributed by atoms with Crippen molar-refractivity contribution < 1.29 is 19.4 Å². The number of phenols is 1. The van der Waals surface area contributed by atoms with Gasteiger partial charge in [0, 0.05) is 17.2 Å². The van der Waals surface area contributed by atoms with E-state index < -0.39 is 5.97 Å². The minimum Gasteiger partial charge on any atom is -0.507 e. The highest BCUT2D eigenvalue weighted by Gasteiger charge is 2.13. The first-order valence-corrected chi connectivity index (χ1v) is 9.55. The van der Waals surface area contributed by atoms with Crippen molar-refractivity contribution in [2.75, 3.05) is 13.2 Å². The van der Waals surface area contributed by atoms with E-state index in [2.05, 4.69) is 28.5 Å². The number of aryl methyl sites for hydroxylation is 1. The number of rotatable bonds is 8. The van der Waals surface area contributed by atoms with Crippen LogP contribution in [0.2, 0.25) is 0 Å². The van der Waals surface area contributed by atoms with Crippen LogP contribution in [0.15, 0.2) is 60.9 Å². The van der Waals surface area contributed by atoms with Gasteiger partial charge < -0.3 is 14.6 Å². The Bertz CT molecular complexity index is 1070. The number of aromatic hydroxyl groups is 1. The molecule has 0 unspecified atom stereocenters. The van der Waals surface area contributed by atoms with E-state index in [4.69, 9.17) is 9.47 Å². The maximum Gasteiger partial charge on any atom is 0.333 e. The van der Waals surface area contributed by atoms with Crippen LogP contribution in [0.4, 0.5) is 0 Å². The highest BCUT2D eigenvalue weighted by Crippen LogP contribution is 2.31. The van der Waals surface area contributed by atoms with E-state index in [9.17, 15) is 9.90 Å². The molecule has 0 saturated heterocycles. The fraction of sp³-hybridized carbons (Fsp3) is 0.217. The summed E-state index contributed by atoms with van der Waals surface area (Å²) in [6, 6.07) is 12.8. The van der Waals surface area contributed by atoms with Gasteiger partial charge in [-0.2, -0.15) is 0 Å². The largest absolute Gasteiger partial charge is 0.507 e. The zero-order valence-corrected chi connectivity index (χ0v) is 17.0. The highest BCUT2D eigenvalue weighted by molar-refractivity contribution is 5.86. The minimum atomic E-state index is -0.466. The molecular weight excluding hydrogens is 382 g/mol. The standard InChI is InChI=1S/C23H23N3O4/c1-4-16-7-5-6-8-18(16)21-24-14-25-22(26-21)19-10-9-17(13-20(19)27)29-11-12-30-23(28)15(2)3/h5-10,13-14,27H,2,4,11-12H2,1,3H3. The Morgan fingerprint density at radius 2 is 1.80 bits per heavy atom. The summed E-state index contributed by atoms with van der Waals surface area (Å²) in [7, 11) is 0. The minimum absolute atomic E-state index is 0.0210. The van der Waals surface area contributed by atoms with E-state index in [-0.39, 0.29) is 19.0 Å². The van der Waals surface area contributed by atoms with Gasteiger partial charge >= 0.3 is 5.97 Å². The Morgan fingerprint density at radius 1 is 1.07 bits per heavy atom. The molecule has 0 saturated carbocycles. The fourth-order valence-corrected chi connectivity index (χ4v) is 2.81. The van der Waals surface area contributed by atoms with Crippen molar-refractivity contribution in [2.45, 2.75) is 20.3 Å². The maximum absolute atomic E-state index is 11.3. The number of hydrogen-bond acceptors (Lipinski definition) is 7. The van der Waals surface area contributed by atoms with Crippen molar-refractivity contribution in [3.8, 4) is 34.3 Å². The molecule has 0 fully saturated rings. The molecular formula is C23H23N3O4. The molecule has 3 rings (SSSR count). The van der Waals surface area contributed by atoms with Crippen LogP contribution in [0.1, 0.15) is 19.4 Å². The summed E-state index contributed by atoms with van der Waals surface area (Å²) in [6.45, 7) is 7.40. The second kappa shape index (κ2) is 9.65. The Balaban J connectivity index is 1.74. The highest BCUT2D eigenvalue weighted by atomic mass is 16.6. The van der Waals surface area contributed by atoms with Crippen molar-refractivity contribution in [2.24, 2.45) is 0 Å². The third-order valence-corrected chi connectivity index (χ3v) is 4.35. The van der Waals surface area contributed by atoms with E-state index in [1.807, 2.05) is 24.3 Å². The van der Waals surface area contributed by atoms with Crippen molar-refractivity contribution >= 4 is 5.97 Å². The monoisotopic (exact) mass is 405 g/mol. The van der Waals surface area contributed by atoms with Gasteiger partial charge in [-0.25, -0.2) is 19.7 Å². The van der Waals surface area contributed by atoms with Gasteiger partial charge in [-0.05, 0) is 31.0 Å². The number of hydrogen-bond donors (Lipinski definition) is 1. The van der Waals surface area contributed by atoms with E-state index in [0.29, 0.717) is 28.5 Å². The molecule has 7 nitrogen and oxygen atoms in total. The summed E-state index contributed by atoms with van der Waals surface area (Å²) in [6.07, 6.45) is 2.29. The molecule has 1 N–H and O–H groups in total. The summed E-state index contributed by atoms with van der Waals surface area (Å²) < 4.78 is 10.5. The third-order valence-electron chi connectivity index (χ3n) is 4.35. The zero-order chi connectivity index (χ0) is 21.5. The first-order chi connectivity index (χ1) is 14.5. The first kappa shape index (κ1) is 21.0. The van der Waals surface area contributed by atoms with Crippen molar-refractivity contribution in [3.05, 3.63) is 66.5 Å². The number of carbonyl (C=O) groups is 1. The molecule has 0 atom stereocenters. The predicted molar refractivity (Wildman–Crippen MR) is 113 cm³/mol. The summed E-state index contributed by atoms with van der Waals surface area (Å²) in [5, 5.41) is 10.4. The molecule has 0 aliphatic heterocycles. The molecule has 2 aromatic carbocycles. The Morgan fingerprint density at radius 3 is 2.50 bits per heavy atom. The average molecular weight is 405 g/mol. The number of nitrogens with zero attached hydrogens (tertiary/aromatic N) is 3. The van der Waals surface area contributed by atoms with E-state index >= 15 is 0 Å². The molecule has 0 aliphatic carbocycles. The van der Waals surface area contributed by atoms with Crippen LogP contribution in [0, 0.1) is 0 Å². The summed E-state index contributed by atoms with van der Waals surface area (Å²) in [5.74, 6) is 0.870. The molecule has 7 heteroatoms. The number of aromatic nitrogens is 3. The van der Waals surface area contributed by atoms with Gasteiger partial charge in [0.2, 0.25) is 0 Å². The topological polar surface area (TPSA) is 94.4 Å². The normalized spacial score (nSPS) is 10.5. The van der Waals surface area contributed by atoms with Gasteiger partial charge in [-0.3, -0.25) is 0 Å². The molecule has 0 spiro atoms. The molecule has 0 aliphatic rings. The van der Waals surface area contributed by atoms with Crippen LogP contribution in [-0.2, 0) is 16.0 Å². The Hall–Kier alpha value is -3.74. The van der Waals surface area contributed by atoms with Crippen LogP contribution in [0.3, 0.4) is 0 Å². The van der Waals surface area contributed by atoms with Crippen molar-refractivity contribution in [1.82, 2.24) is 15.0 Å². The summed E-state index contributed by atoms with van der Waals surface area (Å²) in [4.78, 5) is 24.4. The Labute approximate surface area is 175 Å². The number of ether oxygens (including phenoxy) is 2. The van der Waals surface area contributed by atoms with Crippen LogP contribution >= 0.6 is 0 Å². The fourth-order valence-electron chi connectivity index (χ4n) is 2.81. The van der Waals surface area contributed by atoms with Gasteiger partial charge in [-0.15, -0.1) is 0 Å². The van der Waals surface area contributed by atoms with Gasteiger partial charge in [0.25, 0.3) is 0 Å². The van der Waals surface area contributed by atoms with E-state index in [0.717, 1.165) is 17.5 Å². The second-order valence-corrected chi connectivity index (χ2v) is 6.59. The van der Waals surface area contributed by atoms with Gasteiger partial charge in [0.05, 0.1) is 5.56 Å². The number of carbonyl (C=O) groups excluding carboxylic acids is 1. The smallest absolute Gasteiger partial charge is 0.333 e. The van der Waals surface area contributed by atoms with Crippen LogP contribution < -0.4 is 4.74 Å². The second-order valence-electron chi connectivity index (χ2n) is 6.59. The lowest BCUT2D eigenvalue weighted by Crippen LogP contribution is -2.12. The third kappa shape index (κ3) is 5.00. The molecule has 1 aromatic heterocycles. The number of esters is 1. The Kier molecular flexibility index (Phi) is 6.75. The predicted octanol–water partition coefficient (Wildman–Crippen LogP) is 3.97. The molecule has 30 heavy (non-hydrogen) atoms. The lowest BCUT2D eigenvalue weighted by Gasteiger charge is -2.10. The van der Waals surface area contributed by atoms with Gasteiger partial charge in [0.1, 0.15) is 31.0 Å².